The Morgan fingerprint density at radius 2 is 1.03 bits per heavy atom. The second-order valence-corrected chi connectivity index (χ2v) is 15.8. The largest absolute Gasteiger partial charge is 0.310 e. The van der Waals surface area contributed by atoms with E-state index in [1.165, 1.54) is 88.5 Å². The smallest absolute Gasteiger partial charge is 0.0541 e. The summed E-state index contributed by atoms with van der Waals surface area (Å²) in [4.78, 5) is 2.42. The van der Waals surface area contributed by atoms with E-state index in [4.69, 9.17) is 0 Å². The van der Waals surface area contributed by atoms with Crippen LogP contribution in [0.2, 0.25) is 0 Å². The van der Waals surface area contributed by atoms with E-state index in [2.05, 4.69) is 223 Å². The molecule has 11 rings (SSSR count). The third-order valence-electron chi connectivity index (χ3n) is 12.3. The minimum atomic E-state index is 0.832. The number of benzene rings is 9. The molecule has 0 spiro atoms. The van der Waals surface area contributed by atoms with E-state index in [0.717, 1.165) is 28.9 Å². The van der Waals surface area contributed by atoms with Crippen molar-refractivity contribution >= 4 is 55.2 Å². The van der Waals surface area contributed by atoms with Crippen LogP contribution in [0.5, 0.6) is 0 Å². The molecule has 0 saturated carbocycles. The zero-order valence-electron chi connectivity index (χ0n) is 33.8. The molecule has 1 aromatic heterocycles. The molecule has 1 aliphatic rings. The van der Waals surface area contributed by atoms with E-state index in [0.29, 0.717) is 0 Å². The molecule has 0 aliphatic carbocycles. The Morgan fingerprint density at radius 3 is 1.80 bits per heavy atom. The second kappa shape index (κ2) is 15.0. The van der Waals surface area contributed by atoms with Gasteiger partial charge in [-0.3, -0.25) is 0 Å². The summed E-state index contributed by atoms with van der Waals surface area (Å²) in [6.07, 6.45) is 6.53. The van der Waals surface area contributed by atoms with Crippen molar-refractivity contribution in [2.45, 2.75) is 6.42 Å². The van der Waals surface area contributed by atoms with Gasteiger partial charge in [0, 0.05) is 39.9 Å². The molecule has 0 amide bonds. The summed E-state index contributed by atoms with van der Waals surface area (Å²) in [5, 5.41) is 5.03. The Labute approximate surface area is 356 Å². The summed E-state index contributed by atoms with van der Waals surface area (Å²) in [5.41, 5.74) is 19.2. The lowest BCUT2D eigenvalue weighted by atomic mass is 9.89. The summed E-state index contributed by atoms with van der Waals surface area (Å²) < 4.78 is 2.40. The van der Waals surface area contributed by atoms with Crippen molar-refractivity contribution in [1.29, 1.82) is 0 Å². The molecule has 10 aromatic rings. The van der Waals surface area contributed by atoms with E-state index < -0.39 is 0 Å². The molecule has 0 radical (unpaired) electrons. The Bertz CT molecular complexity index is 3340. The third-order valence-corrected chi connectivity index (χ3v) is 12.3. The molecule has 288 valence electrons. The summed E-state index contributed by atoms with van der Waals surface area (Å²) in [5.74, 6) is 0. The van der Waals surface area contributed by atoms with Crippen LogP contribution in [0.15, 0.2) is 232 Å². The second-order valence-electron chi connectivity index (χ2n) is 15.8. The molecule has 2 nitrogen and oxygen atoms in total. The molecule has 0 fully saturated rings. The lowest BCUT2D eigenvalue weighted by molar-refractivity contribution is 1.09. The van der Waals surface area contributed by atoms with Gasteiger partial charge in [0.1, 0.15) is 0 Å². The fourth-order valence-corrected chi connectivity index (χ4v) is 9.40. The normalized spacial score (nSPS) is 12.4. The number of para-hydroxylation sites is 1. The fourth-order valence-electron chi connectivity index (χ4n) is 9.40. The zero-order chi connectivity index (χ0) is 40.9. The standard InChI is InChI=1S/C59H42N2/c1-3-13-40(4-2)42-22-29-50(30-23-42)60-56-33-26-45(36-48(56)38-49-37-47(28-34-57(49)60)53-20-12-17-44-16-8-9-18-52(44)53)43-24-31-51(32-25-43)61-58-21-11-10-19-54(58)55-39-46(27-35-59(55)61)41-14-6-5-7-15-41/h3-37,39H,1-2,38H2/b40-13+. The first-order chi connectivity index (χ1) is 30.1. The molecule has 1 aliphatic heterocycles. The highest BCUT2D eigenvalue weighted by Gasteiger charge is 2.26. The minimum Gasteiger partial charge on any atom is -0.310 e. The maximum atomic E-state index is 4.04. The van der Waals surface area contributed by atoms with Crippen molar-refractivity contribution in [3.63, 3.8) is 0 Å². The lowest BCUT2D eigenvalue weighted by Gasteiger charge is -2.34. The van der Waals surface area contributed by atoms with Gasteiger partial charge in [-0.25, -0.2) is 0 Å². The quantitative estimate of drug-likeness (QED) is 0.140. The number of rotatable bonds is 8. The number of allylic oxidation sites excluding steroid dienone is 4. The number of anilines is 3. The Morgan fingerprint density at radius 1 is 0.443 bits per heavy atom. The molecular weight excluding hydrogens is 737 g/mol. The van der Waals surface area contributed by atoms with E-state index >= 15 is 0 Å². The minimum absolute atomic E-state index is 0.832. The average Bonchev–Trinajstić information content (AvgIpc) is 3.66. The molecule has 0 N–H and O–H groups in total. The first-order valence-corrected chi connectivity index (χ1v) is 20.9. The van der Waals surface area contributed by atoms with Crippen LogP contribution in [0, 0.1) is 0 Å². The molecular formula is C59H42N2. The maximum Gasteiger partial charge on any atom is 0.0541 e. The predicted octanol–water partition coefficient (Wildman–Crippen LogP) is 16.1. The van der Waals surface area contributed by atoms with E-state index in [1.54, 1.807) is 0 Å². The average molecular weight is 779 g/mol. The van der Waals surface area contributed by atoms with Gasteiger partial charge in [0.05, 0.1) is 11.0 Å². The van der Waals surface area contributed by atoms with Gasteiger partial charge in [0.2, 0.25) is 0 Å². The van der Waals surface area contributed by atoms with Gasteiger partial charge in [-0.2, -0.15) is 0 Å². The van der Waals surface area contributed by atoms with Crippen LogP contribution in [0.1, 0.15) is 16.7 Å². The zero-order valence-corrected chi connectivity index (χ0v) is 33.8. The maximum absolute atomic E-state index is 4.04. The molecule has 0 bridgehead atoms. The van der Waals surface area contributed by atoms with Crippen LogP contribution in [0.25, 0.3) is 77.2 Å². The number of hydrogen-bond acceptors (Lipinski definition) is 1. The van der Waals surface area contributed by atoms with Crippen LogP contribution in [0.3, 0.4) is 0 Å². The molecule has 2 heterocycles. The highest BCUT2D eigenvalue weighted by atomic mass is 15.2. The number of fused-ring (bicyclic) bond motifs is 6. The van der Waals surface area contributed by atoms with Gasteiger partial charge in [-0.15, -0.1) is 0 Å². The highest BCUT2D eigenvalue weighted by molar-refractivity contribution is 6.10. The molecule has 0 unspecified atom stereocenters. The van der Waals surface area contributed by atoms with Gasteiger partial charge in [0.25, 0.3) is 0 Å². The summed E-state index contributed by atoms with van der Waals surface area (Å²) >= 11 is 0. The Hall–Kier alpha value is -7.94. The van der Waals surface area contributed by atoms with E-state index in [-0.39, 0.29) is 0 Å². The summed E-state index contributed by atoms with van der Waals surface area (Å²) in [6, 6.07) is 73.4. The topological polar surface area (TPSA) is 8.17 Å². The third kappa shape index (κ3) is 6.29. The Balaban J connectivity index is 0.990. The molecule has 9 aromatic carbocycles. The number of aromatic nitrogens is 1. The van der Waals surface area contributed by atoms with Crippen LogP contribution >= 0.6 is 0 Å². The van der Waals surface area contributed by atoms with Gasteiger partial charge in [-0.1, -0.05) is 165 Å². The monoisotopic (exact) mass is 778 g/mol. The van der Waals surface area contributed by atoms with Crippen molar-refractivity contribution in [3.8, 4) is 39.1 Å². The highest BCUT2D eigenvalue weighted by Crippen LogP contribution is 2.47. The van der Waals surface area contributed by atoms with Crippen LogP contribution in [0.4, 0.5) is 17.1 Å². The molecule has 61 heavy (non-hydrogen) atoms. The molecule has 0 atom stereocenters. The molecule has 0 saturated heterocycles. The predicted molar refractivity (Wildman–Crippen MR) is 260 cm³/mol. The summed E-state index contributed by atoms with van der Waals surface area (Å²) in [7, 11) is 0. The summed E-state index contributed by atoms with van der Waals surface area (Å²) in [6.45, 7) is 7.94. The van der Waals surface area contributed by atoms with E-state index in [1.807, 2.05) is 18.2 Å². The number of hydrogen-bond donors (Lipinski definition) is 0. The van der Waals surface area contributed by atoms with Crippen molar-refractivity contribution in [1.82, 2.24) is 4.57 Å². The van der Waals surface area contributed by atoms with Crippen molar-refractivity contribution < 1.29 is 0 Å². The molecule has 2 heteroatoms. The fraction of sp³-hybridized carbons (Fsp3) is 0.0169. The van der Waals surface area contributed by atoms with Crippen LogP contribution in [-0.2, 0) is 6.42 Å². The van der Waals surface area contributed by atoms with Gasteiger partial charge in [-0.05, 0) is 133 Å². The van der Waals surface area contributed by atoms with Gasteiger partial charge in [0.15, 0.2) is 0 Å². The van der Waals surface area contributed by atoms with Crippen LogP contribution < -0.4 is 4.90 Å². The van der Waals surface area contributed by atoms with E-state index in [9.17, 15) is 0 Å². The van der Waals surface area contributed by atoms with Gasteiger partial charge >= 0.3 is 0 Å². The first-order valence-electron chi connectivity index (χ1n) is 20.9. The van der Waals surface area contributed by atoms with Crippen molar-refractivity contribution in [2.24, 2.45) is 0 Å². The first kappa shape index (κ1) is 36.2. The van der Waals surface area contributed by atoms with Crippen molar-refractivity contribution in [2.75, 3.05) is 4.90 Å². The lowest BCUT2D eigenvalue weighted by Crippen LogP contribution is -2.18. The van der Waals surface area contributed by atoms with Crippen LogP contribution in [-0.4, -0.2) is 4.57 Å². The van der Waals surface area contributed by atoms with Crippen molar-refractivity contribution in [3.05, 3.63) is 248 Å². The Kier molecular flexibility index (Phi) is 8.90. The number of nitrogens with zero attached hydrogens (tertiary/aromatic N) is 2. The van der Waals surface area contributed by atoms with Gasteiger partial charge < -0.3 is 9.47 Å². The SMILES string of the molecule is C=C/C=C(\C=C)c1ccc(N2c3ccc(-c4ccc(-n5c6ccccc6c6cc(-c7ccccc7)ccc65)cc4)cc3Cc3cc(-c4cccc5ccccc45)ccc32)cc1.